The summed E-state index contributed by atoms with van der Waals surface area (Å²) in [6.07, 6.45) is 0.853. The van der Waals surface area contributed by atoms with Crippen LogP contribution in [0.15, 0.2) is 12.1 Å². The van der Waals surface area contributed by atoms with E-state index in [1.54, 1.807) is 0 Å². The lowest BCUT2D eigenvalue weighted by molar-refractivity contribution is 0.0938. The lowest BCUT2D eigenvalue weighted by Gasteiger charge is -2.12. The second-order valence-corrected chi connectivity index (χ2v) is 5.07. The smallest absolute Gasteiger partial charge is 0.252 e. The number of carbonyl (C=O) groups is 1. The highest BCUT2D eigenvalue weighted by molar-refractivity contribution is 14.1. The molecule has 1 aliphatic heterocycles. The molecule has 0 aromatic heterocycles. The summed E-state index contributed by atoms with van der Waals surface area (Å²) in [7, 11) is 0. The third-order valence-corrected chi connectivity index (χ3v) is 3.54. The number of hydrogen-bond acceptors (Lipinski definition) is 2. The maximum atomic E-state index is 13.1. The fraction of sp³-hybridized carbons (Fsp3) is 0.364. The normalized spacial score (nSPS) is 18.3. The van der Waals surface area contributed by atoms with Gasteiger partial charge in [0, 0.05) is 16.2 Å². The average molecular weight is 389 g/mol. The maximum Gasteiger partial charge on any atom is 0.252 e. The number of nitrogens with one attached hydrogen (secondary N) is 2. The van der Waals surface area contributed by atoms with E-state index in [0.717, 1.165) is 25.1 Å². The van der Waals surface area contributed by atoms with Gasteiger partial charge in [0.1, 0.15) is 0 Å². The molecule has 2 rings (SSSR count). The zero-order valence-corrected chi connectivity index (χ0v) is 12.3. The van der Waals surface area contributed by atoms with Crippen LogP contribution in [0.2, 0.25) is 0 Å². The molecule has 1 amide bonds. The van der Waals surface area contributed by atoms with Crippen LogP contribution in [0, 0.1) is 15.2 Å². The topological polar surface area (TPSA) is 41.1 Å². The van der Waals surface area contributed by atoms with Crippen LogP contribution in [0.1, 0.15) is 16.8 Å². The molecule has 3 nitrogen and oxygen atoms in total. The Balaban J connectivity index is 0.00000162. The van der Waals surface area contributed by atoms with Crippen LogP contribution in [0.25, 0.3) is 0 Å². The second-order valence-electron chi connectivity index (χ2n) is 3.91. The zero-order valence-electron chi connectivity index (χ0n) is 9.30. The monoisotopic (exact) mass is 388 g/mol. The molecule has 0 spiro atoms. The molecule has 1 aromatic rings. The number of hydrogen-bond donors (Lipinski definition) is 2. The average Bonchev–Trinajstić information content (AvgIpc) is 2.76. The highest BCUT2D eigenvalue weighted by Crippen LogP contribution is 2.17. The van der Waals surface area contributed by atoms with E-state index in [1.165, 1.54) is 0 Å². The fourth-order valence-corrected chi connectivity index (χ4v) is 2.41. The van der Waals surface area contributed by atoms with Gasteiger partial charge in [0.05, 0.1) is 5.56 Å². The van der Waals surface area contributed by atoms with Crippen LogP contribution < -0.4 is 10.6 Å². The highest BCUT2D eigenvalue weighted by Gasteiger charge is 2.20. The summed E-state index contributed by atoms with van der Waals surface area (Å²) in [6, 6.07) is 2.03. The summed E-state index contributed by atoms with van der Waals surface area (Å²) in [4.78, 5) is 11.9. The molecule has 7 heteroatoms. The quantitative estimate of drug-likeness (QED) is 0.602. The lowest BCUT2D eigenvalue weighted by atomic mass is 10.1. The molecule has 1 atom stereocenters. The Kier molecular flexibility index (Phi) is 5.74. The van der Waals surface area contributed by atoms with Crippen LogP contribution in [0.5, 0.6) is 0 Å². The van der Waals surface area contributed by atoms with Gasteiger partial charge in [-0.1, -0.05) is 0 Å². The molecule has 0 bridgehead atoms. The van der Waals surface area contributed by atoms with Gasteiger partial charge in [-0.2, -0.15) is 0 Å². The molecule has 0 radical (unpaired) electrons. The number of carbonyl (C=O) groups excluding carboxylic acids is 1. The molecule has 1 heterocycles. The van der Waals surface area contributed by atoms with Crippen molar-refractivity contribution in [2.24, 2.45) is 0 Å². The Morgan fingerprint density at radius 1 is 1.39 bits per heavy atom. The van der Waals surface area contributed by atoms with Crippen molar-refractivity contribution >= 4 is 40.9 Å². The van der Waals surface area contributed by atoms with Crippen LogP contribution >= 0.6 is 35.0 Å². The highest BCUT2D eigenvalue weighted by atomic mass is 127. The zero-order chi connectivity index (χ0) is 12.4. The number of benzene rings is 1. The van der Waals surface area contributed by atoms with Gasteiger partial charge in [0.2, 0.25) is 0 Å². The van der Waals surface area contributed by atoms with Crippen molar-refractivity contribution in [3.05, 3.63) is 32.9 Å². The summed E-state index contributed by atoms with van der Waals surface area (Å²) >= 11 is 1.82. The van der Waals surface area contributed by atoms with Crippen LogP contribution in [0.4, 0.5) is 8.78 Å². The van der Waals surface area contributed by atoms with E-state index < -0.39 is 11.6 Å². The van der Waals surface area contributed by atoms with Crippen molar-refractivity contribution in [2.45, 2.75) is 12.5 Å². The van der Waals surface area contributed by atoms with Crippen LogP contribution in [-0.4, -0.2) is 25.0 Å². The Hall–Kier alpha value is -0.470. The lowest BCUT2D eigenvalue weighted by Crippen LogP contribution is -2.36. The third kappa shape index (κ3) is 3.52. The maximum absolute atomic E-state index is 13.1. The third-order valence-electron chi connectivity index (χ3n) is 2.65. The molecule has 1 saturated heterocycles. The van der Waals surface area contributed by atoms with Gasteiger partial charge in [0.25, 0.3) is 5.91 Å². The Bertz CT molecular complexity index is 453. The molecule has 1 fully saturated rings. The first-order valence-corrected chi connectivity index (χ1v) is 6.32. The van der Waals surface area contributed by atoms with Gasteiger partial charge >= 0.3 is 0 Å². The van der Waals surface area contributed by atoms with E-state index in [4.69, 9.17) is 0 Å². The van der Waals surface area contributed by atoms with Crippen molar-refractivity contribution in [1.82, 2.24) is 10.6 Å². The van der Waals surface area contributed by atoms with Gasteiger partial charge in [-0.25, -0.2) is 8.78 Å². The van der Waals surface area contributed by atoms with Crippen molar-refractivity contribution in [2.75, 3.05) is 13.1 Å². The largest absolute Gasteiger partial charge is 0.348 e. The summed E-state index contributed by atoms with van der Waals surface area (Å²) < 4.78 is 26.4. The minimum Gasteiger partial charge on any atom is -0.348 e. The first-order valence-electron chi connectivity index (χ1n) is 5.24. The van der Waals surface area contributed by atoms with Gasteiger partial charge in [-0.15, -0.1) is 12.4 Å². The standard InChI is InChI=1S/C11H11F2IN2O.ClH/c12-8-3-7(10(14)4-9(8)13)11(17)16-6-1-2-15-5-6;/h3-4,6,15H,1-2,5H2,(H,16,17);1H. The van der Waals surface area contributed by atoms with Crippen LogP contribution in [-0.2, 0) is 0 Å². The summed E-state index contributed by atoms with van der Waals surface area (Å²) in [5.41, 5.74) is 0.177. The Labute approximate surface area is 123 Å². The van der Waals surface area contributed by atoms with E-state index in [2.05, 4.69) is 10.6 Å². The molecule has 2 N–H and O–H groups in total. The van der Waals surface area contributed by atoms with E-state index >= 15 is 0 Å². The first-order chi connectivity index (χ1) is 8.08. The van der Waals surface area contributed by atoms with Gasteiger partial charge < -0.3 is 10.6 Å². The van der Waals surface area contributed by atoms with Crippen molar-refractivity contribution in [3.8, 4) is 0 Å². The molecule has 100 valence electrons. The van der Waals surface area contributed by atoms with Crippen molar-refractivity contribution in [1.29, 1.82) is 0 Å². The molecule has 0 aliphatic carbocycles. The molecular weight excluding hydrogens is 376 g/mol. The van der Waals surface area contributed by atoms with Crippen molar-refractivity contribution in [3.63, 3.8) is 0 Å². The number of amides is 1. The molecule has 0 saturated carbocycles. The summed E-state index contributed by atoms with van der Waals surface area (Å²) in [5.74, 6) is -2.30. The van der Waals surface area contributed by atoms with E-state index in [9.17, 15) is 13.6 Å². The molecule has 1 aliphatic rings. The first kappa shape index (κ1) is 15.6. The minimum atomic E-state index is -1.000. The second kappa shape index (κ2) is 6.63. The SMILES string of the molecule is Cl.O=C(NC1CCNC1)c1cc(F)c(F)cc1I. The Morgan fingerprint density at radius 2 is 2.06 bits per heavy atom. The number of halogens is 4. The van der Waals surface area contributed by atoms with E-state index in [-0.39, 0.29) is 29.9 Å². The molecular formula is C11H12ClF2IN2O. The molecule has 1 unspecified atom stereocenters. The predicted octanol–water partition coefficient (Wildman–Crippen LogP) is 2.08. The molecule has 18 heavy (non-hydrogen) atoms. The minimum absolute atomic E-state index is 0. The molecule has 1 aromatic carbocycles. The summed E-state index contributed by atoms with van der Waals surface area (Å²) in [5, 5.41) is 5.90. The summed E-state index contributed by atoms with van der Waals surface area (Å²) in [6.45, 7) is 1.58. The van der Waals surface area contributed by atoms with Crippen LogP contribution in [0.3, 0.4) is 0 Å². The van der Waals surface area contributed by atoms with Crippen molar-refractivity contribution < 1.29 is 13.6 Å². The fourth-order valence-electron chi connectivity index (χ4n) is 1.74. The van der Waals surface area contributed by atoms with Gasteiger partial charge in [-0.3, -0.25) is 4.79 Å². The predicted molar refractivity (Wildman–Crippen MR) is 75.1 cm³/mol. The Morgan fingerprint density at radius 3 is 2.67 bits per heavy atom. The van der Waals surface area contributed by atoms with E-state index in [0.29, 0.717) is 10.1 Å². The van der Waals surface area contributed by atoms with E-state index in [1.807, 2.05) is 22.6 Å². The van der Waals surface area contributed by atoms with Gasteiger partial charge in [0.15, 0.2) is 11.6 Å². The van der Waals surface area contributed by atoms with Gasteiger partial charge in [-0.05, 0) is 47.7 Å². The number of rotatable bonds is 2.